The number of hydrogen-bond acceptors (Lipinski definition) is 5. The number of aryl methyl sites for hydroxylation is 2. The second-order valence-corrected chi connectivity index (χ2v) is 6.85. The van der Waals surface area contributed by atoms with Crippen molar-refractivity contribution in [2.24, 2.45) is 0 Å². The molecule has 3 rings (SSSR count). The average molecular weight is 357 g/mol. The molecule has 2 aromatic heterocycles. The second-order valence-electron chi connectivity index (χ2n) is 5.41. The summed E-state index contributed by atoms with van der Waals surface area (Å²) in [4.78, 5) is 9.63. The van der Waals surface area contributed by atoms with Crippen LogP contribution < -0.4 is 10.6 Å². The third-order valence-corrected chi connectivity index (χ3v) is 4.73. The van der Waals surface area contributed by atoms with Gasteiger partial charge in [0.2, 0.25) is 0 Å². The van der Waals surface area contributed by atoms with Crippen LogP contribution in [0.3, 0.4) is 0 Å². The van der Waals surface area contributed by atoms with Gasteiger partial charge < -0.3 is 10.6 Å². The van der Waals surface area contributed by atoms with Crippen molar-refractivity contribution in [3.05, 3.63) is 70.3 Å². The fourth-order valence-corrected chi connectivity index (χ4v) is 3.14. The van der Waals surface area contributed by atoms with Crippen molar-refractivity contribution in [3.8, 4) is 0 Å². The van der Waals surface area contributed by atoms with Crippen LogP contribution in [0.5, 0.6) is 0 Å². The van der Waals surface area contributed by atoms with E-state index in [2.05, 4.69) is 27.2 Å². The van der Waals surface area contributed by atoms with Crippen LogP contribution in [0.4, 0.5) is 16.6 Å². The Kier molecular flexibility index (Phi) is 4.83. The number of hydrogen-bond donors (Lipinski definition) is 2. The van der Waals surface area contributed by atoms with E-state index in [1.807, 2.05) is 50.4 Å². The molecule has 24 heavy (non-hydrogen) atoms. The summed E-state index contributed by atoms with van der Waals surface area (Å²) < 4.78 is 0. The predicted molar refractivity (Wildman–Crippen MR) is 103 cm³/mol. The van der Waals surface area contributed by atoms with Gasteiger partial charge in [-0.2, -0.15) is 0 Å². The Morgan fingerprint density at radius 2 is 1.96 bits per heavy atom. The zero-order valence-corrected chi connectivity index (χ0v) is 15.0. The molecule has 0 saturated heterocycles. The molecule has 0 saturated carbocycles. The Bertz CT molecular complexity index is 851. The van der Waals surface area contributed by atoms with Gasteiger partial charge in [-0.05, 0) is 37.1 Å². The lowest BCUT2D eigenvalue weighted by molar-refractivity contribution is 1.25. The minimum Gasteiger partial charge on any atom is -0.353 e. The van der Waals surface area contributed by atoms with Crippen LogP contribution in [0, 0.1) is 13.8 Å². The van der Waals surface area contributed by atoms with Gasteiger partial charge in [0, 0.05) is 12.4 Å². The highest BCUT2D eigenvalue weighted by Gasteiger charge is 2.09. The molecule has 4 nitrogen and oxygen atoms in total. The Hall–Kier alpha value is -2.37. The molecule has 0 amide bonds. The van der Waals surface area contributed by atoms with Crippen LogP contribution in [0.2, 0.25) is 5.02 Å². The summed E-state index contributed by atoms with van der Waals surface area (Å²) in [7, 11) is 0. The molecule has 6 heteroatoms. The lowest BCUT2D eigenvalue weighted by atomic mass is 10.2. The third kappa shape index (κ3) is 3.75. The molecule has 2 N–H and O–H groups in total. The van der Waals surface area contributed by atoms with Crippen molar-refractivity contribution in [1.82, 2.24) is 9.97 Å². The summed E-state index contributed by atoms with van der Waals surface area (Å²) in [6.07, 6.45) is 3.60. The number of aromatic nitrogens is 2. The first kappa shape index (κ1) is 16.5. The smallest absolute Gasteiger partial charge is 0.188 e. The van der Waals surface area contributed by atoms with Crippen LogP contribution in [-0.4, -0.2) is 9.97 Å². The molecule has 0 radical (unpaired) electrons. The van der Waals surface area contributed by atoms with Crippen LogP contribution in [0.15, 0.2) is 49.3 Å². The predicted octanol–water partition coefficient (Wildman–Crippen LogP) is 5.63. The summed E-state index contributed by atoms with van der Waals surface area (Å²) in [6.45, 7) is 8.10. The van der Waals surface area contributed by atoms with Crippen LogP contribution in [0.25, 0.3) is 5.70 Å². The van der Waals surface area contributed by atoms with Crippen molar-refractivity contribution in [2.45, 2.75) is 13.8 Å². The Labute approximate surface area is 150 Å². The largest absolute Gasteiger partial charge is 0.353 e. The minimum atomic E-state index is 0.669. The molecular weight excluding hydrogens is 340 g/mol. The Balaban J connectivity index is 1.73. The summed E-state index contributed by atoms with van der Waals surface area (Å²) in [6, 6.07) is 9.72. The first-order valence-electron chi connectivity index (χ1n) is 7.40. The number of halogens is 1. The van der Waals surface area contributed by atoms with Gasteiger partial charge in [0.1, 0.15) is 5.82 Å². The quantitative estimate of drug-likeness (QED) is 0.621. The van der Waals surface area contributed by atoms with E-state index in [4.69, 9.17) is 11.6 Å². The summed E-state index contributed by atoms with van der Waals surface area (Å²) in [5.74, 6) is 0.766. The maximum atomic E-state index is 6.25. The van der Waals surface area contributed by atoms with Crippen LogP contribution in [-0.2, 0) is 0 Å². The number of thiazole rings is 1. The zero-order valence-electron chi connectivity index (χ0n) is 13.4. The molecule has 0 fully saturated rings. The normalized spacial score (nSPS) is 10.5. The number of nitrogens with zero attached hydrogens (tertiary/aromatic N) is 2. The third-order valence-electron chi connectivity index (χ3n) is 3.45. The second kappa shape index (κ2) is 7.03. The molecule has 3 aromatic rings. The molecule has 122 valence electrons. The monoisotopic (exact) mass is 356 g/mol. The van der Waals surface area contributed by atoms with E-state index in [1.165, 1.54) is 11.3 Å². The Morgan fingerprint density at radius 3 is 2.67 bits per heavy atom. The molecular formula is C18H17ClN4S. The molecule has 0 spiro atoms. The number of nitrogens with one attached hydrogen (secondary N) is 2. The highest BCUT2D eigenvalue weighted by molar-refractivity contribution is 7.16. The number of para-hydroxylation sites is 1. The molecule has 1 aromatic carbocycles. The van der Waals surface area contributed by atoms with E-state index < -0.39 is 0 Å². The zero-order chi connectivity index (χ0) is 17.1. The van der Waals surface area contributed by atoms with E-state index in [9.17, 15) is 0 Å². The van der Waals surface area contributed by atoms with Gasteiger partial charge in [-0.25, -0.2) is 9.97 Å². The SMILES string of the molecule is C=C(Nc1c(C)cccc1Cl)c1cnc(Nc2ccc(C)cn2)s1. The van der Waals surface area contributed by atoms with Crippen LogP contribution in [0.1, 0.15) is 16.0 Å². The van der Waals surface area contributed by atoms with Gasteiger partial charge in [0.15, 0.2) is 5.13 Å². The lowest BCUT2D eigenvalue weighted by Crippen LogP contribution is -1.98. The number of benzene rings is 1. The van der Waals surface area contributed by atoms with E-state index >= 15 is 0 Å². The van der Waals surface area contributed by atoms with Gasteiger partial charge in [-0.15, -0.1) is 0 Å². The molecule has 0 aliphatic heterocycles. The van der Waals surface area contributed by atoms with Gasteiger partial charge in [-0.1, -0.05) is 47.7 Å². The molecule has 0 unspecified atom stereocenters. The fraction of sp³-hybridized carbons (Fsp3) is 0.111. The van der Waals surface area contributed by atoms with E-state index in [-0.39, 0.29) is 0 Å². The molecule has 0 aliphatic carbocycles. The van der Waals surface area contributed by atoms with Gasteiger partial charge in [0.05, 0.1) is 21.3 Å². The van der Waals surface area contributed by atoms with E-state index in [0.717, 1.165) is 38.3 Å². The van der Waals surface area contributed by atoms with Crippen molar-refractivity contribution in [3.63, 3.8) is 0 Å². The van der Waals surface area contributed by atoms with Crippen molar-refractivity contribution in [1.29, 1.82) is 0 Å². The van der Waals surface area contributed by atoms with Crippen molar-refractivity contribution in [2.75, 3.05) is 10.6 Å². The van der Waals surface area contributed by atoms with E-state index in [1.54, 1.807) is 6.20 Å². The van der Waals surface area contributed by atoms with Gasteiger partial charge in [-0.3, -0.25) is 0 Å². The fourth-order valence-electron chi connectivity index (χ4n) is 2.13. The maximum Gasteiger partial charge on any atom is 0.188 e. The highest BCUT2D eigenvalue weighted by Crippen LogP contribution is 2.31. The maximum absolute atomic E-state index is 6.25. The molecule has 0 bridgehead atoms. The summed E-state index contributed by atoms with van der Waals surface area (Å²) in [5.41, 5.74) is 3.81. The number of anilines is 3. The van der Waals surface area contributed by atoms with Crippen LogP contribution >= 0.6 is 22.9 Å². The van der Waals surface area contributed by atoms with Crippen molar-refractivity contribution < 1.29 is 0 Å². The van der Waals surface area contributed by atoms with Gasteiger partial charge in [0.25, 0.3) is 0 Å². The summed E-state index contributed by atoms with van der Waals surface area (Å²) >= 11 is 7.75. The average Bonchev–Trinajstić information content (AvgIpc) is 3.02. The topological polar surface area (TPSA) is 49.8 Å². The first-order valence-corrected chi connectivity index (χ1v) is 8.59. The van der Waals surface area contributed by atoms with Gasteiger partial charge >= 0.3 is 0 Å². The number of pyridine rings is 1. The lowest BCUT2D eigenvalue weighted by Gasteiger charge is -2.12. The first-order chi connectivity index (χ1) is 11.5. The molecule has 2 heterocycles. The minimum absolute atomic E-state index is 0.669. The molecule has 0 aliphatic rings. The van der Waals surface area contributed by atoms with Crippen molar-refractivity contribution >= 4 is 45.3 Å². The summed E-state index contributed by atoms with van der Waals surface area (Å²) in [5, 5.41) is 7.91. The highest BCUT2D eigenvalue weighted by atomic mass is 35.5. The van der Waals surface area contributed by atoms with E-state index in [0.29, 0.717) is 5.02 Å². The standard InChI is InChI=1S/C18H17ClN4S/c1-11-7-8-16(20-9-11)23-18-21-10-15(24-18)13(3)22-17-12(2)5-4-6-14(17)19/h4-10,22H,3H2,1-2H3,(H,20,21,23). The number of rotatable bonds is 5. The molecule has 0 atom stereocenters. The Morgan fingerprint density at radius 1 is 1.12 bits per heavy atom.